The molecule has 0 saturated heterocycles. The SMILES string of the molecule is CN(CC(=O)O)C(=O)c1ncccc1O. The molecule has 80 valence electrons. The second-order valence-corrected chi connectivity index (χ2v) is 2.93. The summed E-state index contributed by atoms with van der Waals surface area (Å²) < 4.78 is 0. The number of carbonyl (C=O) groups is 2. The summed E-state index contributed by atoms with van der Waals surface area (Å²) in [5.74, 6) is -2.02. The first-order valence-corrected chi connectivity index (χ1v) is 4.13. The number of nitrogens with zero attached hydrogens (tertiary/aromatic N) is 2. The van der Waals surface area contributed by atoms with Gasteiger partial charge in [0, 0.05) is 13.2 Å². The van der Waals surface area contributed by atoms with Gasteiger partial charge in [-0.3, -0.25) is 9.59 Å². The molecule has 0 aliphatic heterocycles. The number of hydrogen-bond donors (Lipinski definition) is 2. The molecule has 6 heteroatoms. The Morgan fingerprint density at radius 3 is 2.73 bits per heavy atom. The zero-order valence-electron chi connectivity index (χ0n) is 8.04. The Morgan fingerprint density at radius 1 is 1.53 bits per heavy atom. The van der Waals surface area contributed by atoms with Crippen LogP contribution in [0.4, 0.5) is 0 Å². The lowest BCUT2D eigenvalue weighted by molar-refractivity contribution is -0.137. The minimum Gasteiger partial charge on any atom is -0.505 e. The van der Waals surface area contributed by atoms with Gasteiger partial charge in [0.2, 0.25) is 0 Å². The van der Waals surface area contributed by atoms with E-state index in [2.05, 4.69) is 4.98 Å². The minimum atomic E-state index is -1.12. The number of aromatic nitrogens is 1. The van der Waals surface area contributed by atoms with E-state index in [1.807, 2.05) is 0 Å². The van der Waals surface area contributed by atoms with Crippen molar-refractivity contribution in [2.24, 2.45) is 0 Å². The molecule has 2 N–H and O–H groups in total. The van der Waals surface area contributed by atoms with Crippen LogP contribution in [-0.4, -0.2) is 45.6 Å². The van der Waals surface area contributed by atoms with Crippen molar-refractivity contribution in [3.05, 3.63) is 24.0 Å². The van der Waals surface area contributed by atoms with Crippen molar-refractivity contribution in [1.29, 1.82) is 0 Å². The maximum absolute atomic E-state index is 11.5. The van der Waals surface area contributed by atoms with Crippen molar-refractivity contribution in [1.82, 2.24) is 9.88 Å². The third kappa shape index (κ3) is 2.67. The number of aromatic hydroxyl groups is 1. The van der Waals surface area contributed by atoms with E-state index < -0.39 is 18.4 Å². The average molecular weight is 210 g/mol. The topological polar surface area (TPSA) is 90.7 Å². The Labute approximate surface area is 85.8 Å². The fraction of sp³-hybridized carbons (Fsp3) is 0.222. The summed E-state index contributed by atoms with van der Waals surface area (Å²) in [6, 6.07) is 2.79. The first-order valence-electron chi connectivity index (χ1n) is 4.13. The van der Waals surface area contributed by atoms with Crippen LogP contribution in [0.2, 0.25) is 0 Å². The zero-order chi connectivity index (χ0) is 11.4. The van der Waals surface area contributed by atoms with Gasteiger partial charge >= 0.3 is 5.97 Å². The van der Waals surface area contributed by atoms with Crippen molar-refractivity contribution in [2.75, 3.05) is 13.6 Å². The molecular formula is C9H10N2O4. The Kier molecular flexibility index (Phi) is 3.22. The fourth-order valence-electron chi connectivity index (χ4n) is 1.02. The van der Waals surface area contributed by atoms with Crippen LogP contribution < -0.4 is 0 Å². The largest absolute Gasteiger partial charge is 0.505 e. The number of aliphatic carboxylic acids is 1. The van der Waals surface area contributed by atoms with Crippen LogP contribution >= 0.6 is 0 Å². The monoisotopic (exact) mass is 210 g/mol. The van der Waals surface area contributed by atoms with Gasteiger partial charge in [0.05, 0.1) is 0 Å². The molecule has 15 heavy (non-hydrogen) atoms. The standard InChI is InChI=1S/C9H10N2O4/c1-11(5-7(13)14)9(15)8-6(12)3-2-4-10-8/h2-4,12H,5H2,1H3,(H,13,14). The molecule has 0 atom stereocenters. The molecule has 1 rings (SSSR count). The number of pyridine rings is 1. The van der Waals surface area contributed by atoms with Crippen LogP contribution in [0, 0.1) is 0 Å². The Hall–Kier alpha value is -2.11. The second kappa shape index (κ2) is 4.41. The summed E-state index contributed by atoms with van der Waals surface area (Å²) in [4.78, 5) is 26.5. The molecule has 0 unspecified atom stereocenters. The third-order valence-corrected chi connectivity index (χ3v) is 1.71. The molecule has 1 aromatic rings. The molecule has 6 nitrogen and oxygen atoms in total. The predicted octanol–water partition coefficient (Wildman–Crippen LogP) is -0.0562. The summed E-state index contributed by atoms with van der Waals surface area (Å²) in [6.07, 6.45) is 1.35. The van der Waals surface area contributed by atoms with E-state index in [1.54, 1.807) is 0 Å². The molecule has 0 aliphatic rings. The summed E-state index contributed by atoms with van der Waals surface area (Å²) in [5, 5.41) is 17.8. The first-order chi connectivity index (χ1) is 7.02. The van der Waals surface area contributed by atoms with Crippen molar-refractivity contribution in [2.45, 2.75) is 0 Å². The highest BCUT2D eigenvalue weighted by molar-refractivity contribution is 5.96. The van der Waals surface area contributed by atoms with Gasteiger partial charge < -0.3 is 15.1 Å². The number of carboxylic acids is 1. The molecule has 0 saturated carbocycles. The van der Waals surface area contributed by atoms with E-state index in [0.29, 0.717) is 0 Å². The van der Waals surface area contributed by atoms with Crippen molar-refractivity contribution in [3.8, 4) is 5.75 Å². The molecule has 0 bridgehead atoms. The summed E-state index contributed by atoms with van der Waals surface area (Å²) in [5.41, 5.74) is -0.152. The van der Waals surface area contributed by atoms with E-state index >= 15 is 0 Å². The van der Waals surface area contributed by atoms with E-state index in [0.717, 1.165) is 4.90 Å². The Morgan fingerprint density at radius 2 is 2.20 bits per heavy atom. The van der Waals surface area contributed by atoms with Crippen molar-refractivity contribution in [3.63, 3.8) is 0 Å². The van der Waals surface area contributed by atoms with Crippen LogP contribution in [0.3, 0.4) is 0 Å². The normalized spacial score (nSPS) is 9.67. The van der Waals surface area contributed by atoms with Gasteiger partial charge in [-0.25, -0.2) is 4.98 Å². The van der Waals surface area contributed by atoms with Crippen LogP contribution in [-0.2, 0) is 4.79 Å². The first kappa shape index (κ1) is 11.0. The maximum Gasteiger partial charge on any atom is 0.323 e. The van der Waals surface area contributed by atoms with Gasteiger partial charge in [0.25, 0.3) is 5.91 Å². The summed E-state index contributed by atoms with van der Waals surface area (Å²) in [7, 11) is 1.32. The molecule has 0 aromatic carbocycles. The second-order valence-electron chi connectivity index (χ2n) is 2.93. The Balaban J connectivity index is 2.85. The summed E-state index contributed by atoms with van der Waals surface area (Å²) >= 11 is 0. The van der Waals surface area contributed by atoms with Crippen LogP contribution in [0.5, 0.6) is 5.75 Å². The maximum atomic E-state index is 11.5. The van der Waals surface area contributed by atoms with Crippen LogP contribution in [0.15, 0.2) is 18.3 Å². The van der Waals surface area contributed by atoms with Gasteiger partial charge in [-0.15, -0.1) is 0 Å². The lowest BCUT2D eigenvalue weighted by Crippen LogP contribution is -2.32. The van der Waals surface area contributed by atoms with Gasteiger partial charge in [-0.1, -0.05) is 0 Å². The van der Waals surface area contributed by atoms with Crippen molar-refractivity contribution < 1.29 is 19.8 Å². The van der Waals surface area contributed by atoms with E-state index in [9.17, 15) is 14.7 Å². The van der Waals surface area contributed by atoms with Crippen LogP contribution in [0.1, 0.15) is 10.5 Å². The number of hydrogen-bond acceptors (Lipinski definition) is 4. The zero-order valence-corrected chi connectivity index (χ0v) is 8.04. The fourth-order valence-corrected chi connectivity index (χ4v) is 1.02. The van der Waals surface area contributed by atoms with Gasteiger partial charge in [-0.05, 0) is 12.1 Å². The van der Waals surface area contributed by atoms with Gasteiger partial charge in [0.1, 0.15) is 12.3 Å². The lowest BCUT2D eigenvalue weighted by atomic mass is 10.3. The molecule has 1 amide bonds. The number of amides is 1. The summed E-state index contributed by atoms with van der Waals surface area (Å²) in [6.45, 7) is -0.436. The molecule has 0 aliphatic carbocycles. The molecule has 1 heterocycles. The molecule has 1 aromatic heterocycles. The number of rotatable bonds is 3. The highest BCUT2D eigenvalue weighted by Crippen LogP contribution is 2.13. The minimum absolute atomic E-state index is 0.152. The average Bonchev–Trinajstić information content (AvgIpc) is 2.16. The number of carbonyl (C=O) groups excluding carboxylic acids is 1. The quantitative estimate of drug-likeness (QED) is 0.729. The van der Waals surface area contributed by atoms with E-state index in [4.69, 9.17) is 5.11 Å². The number of likely N-dealkylation sites (N-methyl/N-ethyl adjacent to an activating group) is 1. The van der Waals surface area contributed by atoms with Crippen molar-refractivity contribution >= 4 is 11.9 Å². The highest BCUT2D eigenvalue weighted by atomic mass is 16.4. The molecule has 0 radical (unpaired) electrons. The predicted molar refractivity (Wildman–Crippen MR) is 50.5 cm³/mol. The smallest absolute Gasteiger partial charge is 0.323 e. The molecular weight excluding hydrogens is 200 g/mol. The highest BCUT2D eigenvalue weighted by Gasteiger charge is 2.18. The van der Waals surface area contributed by atoms with Crippen LogP contribution in [0.25, 0.3) is 0 Å². The molecule has 0 spiro atoms. The van der Waals surface area contributed by atoms with Gasteiger partial charge in [0.15, 0.2) is 5.69 Å². The van der Waals surface area contributed by atoms with E-state index in [-0.39, 0.29) is 11.4 Å². The Bertz CT molecular complexity index is 391. The molecule has 0 fully saturated rings. The van der Waals surface area contributed by atoms with E-state index in [1.165, 1.54) is 25.4 Å². The van der Waals surface area contributed by atoms with Gasteiger partial charge in [-0.2, -0.15) is 0 Å². The number of carboxylic acid groups (broad SMARTS) is 1. The lowest BCUT2D eigenvalue weighted by Gasteiger charge is -2.14. The third-order valence-electron chi connectivity index (χ3n) is 1.71.